The fraction of sp³-hybridized carbons (Fsp3) is 0.385. The second-order valence-electron chi connectivity index (χ2n) is 4.31. The molecule has 0 spiro atoms. The number of para-hydroxylation sites is 1. The molecule has 19 heavy (non-hydrogen) atoms. The normalized spacial score (nSPS) is 16.4. The maximum absolute atomic E-state index is 11.5. The van der Waals surface area contributed by atoms with Gasteiger partial charge in [-0.05, 0) is 11.6 Å². The number of carbonyl (C=O) groups is 2. The number of benzene rings is 1. The lowest BCUT2D eigenvalue weighted by molar-refractivity contribution is -0.139. The van der Waals surface area contributed by atoms with E-state index in [1.807, 2.05) is 24.3 Å². The molecule has 0 aliphatic carbocycles. The first kappa shape index (κ1) is 13.4. The highest BCUT2D eigenvalue weighted by Gasteiger charge is 2.23. The minimum absolute atomic E-state index is 0.122. The van der Waals surface area contributed by atoms with Gasteiger partial charge in [0, 0.05) is 19.5 Å². The van der Waals surface area contributed by atoms with Crippen molar-refractivity contribution in [2.24, 2.45) is 5.73 Å². The summed E-state index contributed by atoms with van der Waals surface area (Å²) in [6.07, 6.45) is 0.615. The maximum atomic E-state index is 11.5. The maximum Gasteiger partial charge on any atom is 0.309 e. The van der Waals surface area contributed by atoms with Crippen LogP contribution in [0.5, 0.6) is 5.75 Å². The van der Waals surface area contributed by atoms with E-state index < -0.39 is 11.8 Å². The summed E-state index contributed by atoms with van der Waals surface area (Å²) < 4.78 is 5.65. The van der Waals surface area contributed by atoms with E-state index in [0.29, 0.717) is 13.1 Å². The van der Waals surface area contributed by atoms with Gasteiger partial charge in [-0.3, -0.25) is 9.59 Å². The second kappa shape index (κ2) is 6.19. The van der Waals surface area contributed by atoms with Crippen molar-refractivity contribution in [3.63, 3.8) is 0 Å². The van der Waals surface area contributed by atoms with E-state index in [-0.39, 0.29) is 12.6 Å². The molecule has 1 aromatic rings. The Kier molecular flexibility index (Phi) is 4.35. The summed E-state index contributed by atoms with van der Waals surface area (Å²) >= 11 is 0. The SMILES string of the molecule is NCCNC(=O)C(=O)NCC1Cc2ccccc2O1. The van der Waals surface area contributed by atoms with Crippen molar-refractivity contribution >= 4 is 11.8 Å². The van der Waals surface area contributed by atoms with Gasteiger partial charge in [0.25, 0.3) is 0 Å². The van der Waals surface area contributed by atoms with Crippen LogP contribution in [0, 0.1) is 0 Å². The first-order chi connectivity index (χ1) is 9.20. The van der Waals surface area contributed by atoms with Crippen molar-refractivity contribution in [2.45, 2.75) is 12.5 Å². The lowest BCUT2D eigenvalue weighted by Gasteiger charge is -2.11. The van der Waals surface area contributed by atoms with Crippen molar-refractivity contribution in [3.05, 3.63) is 29.8 Å². The smallest absolute Gasteiger partial charge is 0.309 e. The highest BCUT2D eigenvalue weighted by molar-refractivity contribution is 6.35. The second-order valence-corrected chi connectivity index (χ2v) is 4.31. The molecule has 6 heteroatoms. The van der Waals surface area contributed by atoms with Gasteiger partial charge in [0.05, 0.1) is 6.54 Å². The van der Waals surface area contributed by atoms with E-state index in [2.05, 4.69) is 10.6 Å². The largest absolute Gasteiger partial charge is 0.488 e. The number of fused-ring (bicyclic) bond motifs is 1. The van der Waals surface area contributed by atoms with Gasteiger partial charge < -0.3 is 21.1 Å². The summed E-state index contributed by atoms with van der Waals surface area (Å²) in [5.74, 6) is -0.483. The van der Waals surface area contributed by atoms with Gasteiger partial charge in [-0.15, -0.1) is 0 Å². The van der Waals surface area contributed by atoms with Gasteiger partial charge in [0.15, 0.2) is 0 Å². The van der Waals surface area contributed by atoms with Crippen LogP contribution in [0.1, 0.15) is 5.56 Å². The Bertz CT molecular complexity index is 451. The summed E-state index contributed by atoms with van der Waals surface area (Å²) in [6, 6.07) is 7.74. The Morgan fingerprint density at radius 1 is 1.26 bits per heavy atom. The first-order valence-electron chi connectivity index (χ1n) is 6.21. The number of hydrogen-bond acceptors (Lipinski definition) is 4. The van der Waals surface area contributed by atoms with Gasteiger partial charge >= 0.3 is 11.8 Å². The van der Waals surface area contributed by atoms with Crippen LogP contribution in [0.3, 0.4) is 0 Å². The monoisotopic (exact) mass is 263 g/mol. The summed E-state index contributed by atoms with van der Waals surface area (Å²) in [7, 11) is 0. The van der Waals surface area contributed by atoms with E-state index in [9.17, 15) is 9.59 Å². The molecule has 0 saturated carbocycles. The number of carbonyl (C=O) groups excluding carboxylic acids is 2. The minimum atomic E-state index is -0.666. The van der Waals surface area contributed by atoms with E-state index in [1.165, 1.54) is 0 Å². The molecule has 0 aromatic heterocycles. The van der Waals surface area contributed by atoms with Crippen molar-refractivity contribution in [1.82, 2.24) is 10.6 Å². The molecule has 1 atom stereocenters. The Hall–Kier alpha value is -2.08. The van der Waals surface area contributed by atoms with Crippen molar-refractivity contribution in [1.29, 1.82) is 0 Å². The summed E-state index contributed by atoms with van der Waals surface area (Å²) in [5.41, 5.74) is 6.35. The van der Waals surface area contributed by atoms with Crippen molar-refractivity contribution in [3.8, 4) is 5.75 Å². The molecule has 2 rings (SSSR count). The zero-order valence-electron chi connectivity index (χ0n) is 10.5. The molecular weight excluding hydrogens is 246 g/mol. The van der Waals surface area contributed by atoms with Gasteiger partial charge in [0.2, 0.25) is 0 Å². The molecule has 0 bridgehead atoms. The highest BCUT2D eigenvalue weighted by atomic mass is 16.5. The lowest BCUT2D eigenvalue weighted by atomic mass is 10.1. The Labute approximate surface area is 111 Å². The van der Waals surface area contributed by atoms with Gasteiger partial charge in [-0.2, -0.15) is 0 Å². The van der Waals surface area contributed by atoms with Crippen LogP contribution in [-0.2, 0) is 16.0 Å². The van der Waals surface area contributed by atoms with Crippen LogP contribution in [-0.4, -0.2) is 37.6 Å². The third kappa shape index (κ3) is 3.45. The van der Waals surface area contributed by atoms with E-state index in [1.54, 1.807) is 0 Å². The van der Waals surface area contributed by atoms with E-state index in [4.69, 9.17) is 10.5 Å². The summed E-state index contributed by atoms with van der Waals surface area (Å²) in [4.78, 5) is 22.8. The fourth-order valence-electron chi connectivity index (χ4n) is 1.92. The average molecular weight is 263 g/mol. The molecule has 1 heterocycles. The molecule has 4 N–H and O–H groups in total. The molecule has 0 fully saturated rings. The zero-order valence-corrected chi connectivity index (χ0v) is 10.5. The van der Waals surface area contributed by atoms with Crippen LogP contribution < -0.4 is 21.1 Å². The molecule has 1 aliphatic heterocycles. The van der Waals surface area contributed by atoms with Gasteiger partial charge in [-0.25, -0.2) is 0 Å². The molecule has 0 saturated heterocycles. The van der Waals surface area contributed by atoms with E-state index in [0.717, 1.165) is 17.7 Å². The molecule has 6 nitrogen and oxygen atoms in total. The Morgan fingerprint density at radius 3 is 2.74 bits per heavy atom. The average Bonchev–Trinajstić information content (AvgIpc) is 2.84. The Morgan fingerprint density at radius 2 is 2.00 bits per heavy atom. The molecule has 102 valence electrons. The Balaban J connectivity index is 1.76. The first-order valence-corrected chi connectivity index (χ1v) is 6.21. The van der Waals surface area contributed by atoms with Crippen LogP contribution in [0.25, 0.3) is 0 Å². The third-order valence-corrected chi connectivity index (χ3v) is 2.84. The predicted octanol–water partition coefficient (Wildman–Crippen LogP) is -0.819. The lowest BCUT2D eigenvalue weighted by Crippen LogP contribution is -2.44. The summed E-state index contributed by atoms with van der Waals surface area (Å²) in [6.45, 7) is 0.904. The topological polar surface area (TPSA) is 93.5 Å². The molecular formula is C13H17N3O3. The quantitative estimate of drug-likeness (QED) is 0.619. The third-order valence-electron chi connectivity index (χ3n) is 2.84. The number of nitrogens with two attached hydrogens (primary N) is 1. The number of rotatable bonds is 4. The number of nitrogens with one attached hydrogen (secondary N) is 2. The van der Waals surface area contributed by atoms with Crippen molar-refractivity contribution in [2.75, 3.05) is 19.6 Å². The van der Waals surface area contributed by atoms with Crippen LogP contribution in [0.15, 0.2) is 24.3 Å². The minimum Gasteiger partial charge on any atom is -0.488 e. The highest BCUT2D eigenvalue weighted by Crippen LogP contribution is 2.27. The molecule has 1 unspecified atom stereocenters. The van der Waals surface area contributed by atoms with Crippen LogP contribution in [0.4, 0.5) is 0 Å². The molecule has 1 aliphatic rings. The number of ether oxygens (including phenoxy) is 1. The number of amides is 2. The number of hydrogen-bond donors (Lipinski definition) is 3. The van der Waals surface area contributed by atoms with Gasteiger partial charge in [0.1, 0.15) is 11.9 Å². The van der Waals surface area contributed by atoms with Crippen molar-refractivity contribution < 1.29 is 14.3 Å². The predicted molar refractivity (Wildman–Crippen MR) is 69.6 cm³/mol. The van der Waals surface area contributed by atoms with Crippen LogP contribution in [0.2, 0.25) is 0 Å². The zero-order chi connectivity index (χ0) is 13.7. The fourth-order valence-corrected chi connectivity index (χ4v) is 1.92. The molecule has 1 aromatic carbocycles. The molecule has 2 amide bonds. The van der Waals surface area contributed by atoms with E-state index >= 15 is 0 Å². The standard InChI is InChI=1S/C13H17N3O3/c14-5-6-15-12(17)13(18)16-8-10-7-9-3-1-2-4-11(9)19-10/h1-4,10H,5-8,14H2,(H,15,17)(H,16,18). The molecule has 0 radical (unpaired) electrons. The van der Waals surface area contributed by atoms with Gasteiger partial charge in [-0.1, -0.05) is 18.2 Å². The summed E-state index contributed by atoms with van der Waals surface area (Å²) in [5, 5.41) is 4.96. The van der Waals surface area contributed by atoms with Crippen LogP contribution >= 0.6 is 0 Å².